The molecule has 1 N–H and O–H groups in total. The lowest BCUT2D eigenvalue weighted by atomic mass is 9.92. The van der Waals surface area contributed by atoms with Crippen molar-refractivity contribution in [3.8, 4) is 0 Å². The van der Waals surface area contributed by atoms with Crippen molar-refractivity contribution >= 4 is 16.5 Å². The Bertz CT molecular complexity index is 449. The summed E-state index contributed by atoms with van der Waals surface area (Å²) >= 11 is 1.91. The smallest absolute Gasteiger partial charge is 0.185 e. The zero-order valence-electron chi connectivity index (χ0n) is 13.0. The number of nitrogens with zero attached hydrogens (tertiary/aromatic N) is 2. The lowest BCUT2D eigenvalue weighted by Gasteiger charge is -2.34. The number of anilines is 1. The van der Waals surface area contributed by atoms with Gasteiger partial charge in [0, 0.05) is 30.6 Å². The van der Waals surface area contributed by atoms with Crippen molar-refractivity contribution < 1.29 is 0 Å². The summed E-state index contributed by atoms with van der Waals surface area (Å²) in [5.74, 6) is 0.575. The SMILES string of the molecule is CCC(C)c1nc(N(C)C2CCC2)sc1CNC1CC1. The van der Waals surface area contributed by atoms with Crippen LogP contribution >= 0.6 is 11.3 Å². The second kappa shape index (κ2) is 6.02. The van der Waals surface area contributed by atoms with Crippen molar-refractivity contribution in [2.24, 2.45) is 0 Å². The van der Waals surface area contributed by atoms with Gasteiger partial charge in [-0.3, -0.25) is 0 Å². The minimum atomic E-state index is 0.575. The first-order valence-electron chi connectivity index (χ1n) is 8.14. The molecule has 2 saturated carbocycles. The van der Waals surface area contributed by atoms with Gasteiger partial charge in [0.15, 0.2) is 5.13 Å². The Balaban J connectivity index is 1.75. The third-order valence-electron chi connectivity index (χ3n) is 4.85. The predicted octanol–water partition coefficient (Wildman–Crippen LogP) is 3.90. The van der Waals surface area contributed by atoms with Crippen LogP contribution in [0.3, 0.4) is 0 Å². The molecule has 20 heavy (non-hydrogen) atoms. The molecule has 1 atom stereocenters. The molecule has 2 aliphatic carbocycles. The average molecular weight is 293 g/mol. The molecule has 0 aliphatic heterocycles. The van der Waals surface area contributed by atoms with E-state index < -0.39 is 0 Å². The number of nitrogens with one attached hydrogen (secondary N) is 1. The summed E-state index contributed by atoms with van der Waals surface area (Å²) < 4.78 is 0. The molecule has 2 fully saturated rings. The average Bonchev–Trinajstić information content (AvgIpc) is 3.11. The Morgan fingerprint density at radius 1 is 1.35 bits per heavy atom. The maximum atomic E-state index is 4.99. The van der Waals surface area contributed by atoms with Gasteiger partial charge < -0.3 is 10.2 Å². The van der Waals surface area contributed by atoms with E-state index in [0.29, 0.717) is 5.92 Å². The zero-order valence-corrected chi connectivity index (χ0v) is 13.8. The fourth-order valence-corrected chi connectivity index (χ4v) is 3.83. The second-order valence-corrected chi connectivity index (χ2v) is 7.53. The quantitative estimate of drug-likeness (QED) is 0.826. The molecule has 0 saturated heterocycles. The minimum absolute atomic E-state index is 0.575. The molecule has 1 heterocycles. The molecule has 1 unspecified atom stereocenters. The lowest BCUT2D eigenvalue weighted by molar-refractivity contribution is 0.400. The van der Waals surface area contributed by atoms with Crippen molar-refractivity contribution in [1.82, 2.24) is 10.3 Å². The number of rotatable bonds is 7. The summed E-state index contributed by atoms with van der Waals surface area (Å²) in [6.45, 7) is 5.58. The molecule has 0 aromatic carbocycles. The maximum Gasteiger partial charge on any atom is 0.185 e. The molecule has 2 aliphatic rings. The van der Waals surface area contributed by atoms with E-state index in [1.54, 1.807) is 0 Å². The van der Waals surface area contributed by atoms with E-state index in [1.165, 1.54) is 54.2 Å². The largest absolute Gasteiger partial charge is 0.348 e. The Hall–Kier alpha value is -0.610. The van der Waals surface area contributed by atoms with Crippen molar-refractivity contribution in [3.63, 3.8) is 0 Å². The van der Waals surface area contributed by atoms with Crippen LogP contribution in [0.5, 0.6) is 0 Å². The van der Waals surface area contributed by atoms with Gasteiger partial charge in [0.1, 0.15) is 0 Å². The van der Waals surface area contributed by atoms with Crippen LogP contribution in [-0.4, -0.2) is 24.1 Å². The molecule has 0 spiro atoms. The van der Waals surface area contributed by atoms with E-state index >= 15 is 0 Å². The molecule has 1 aromatic rings. The predicted molar refractivity (Wildman–Crippen MR) is 86.7 cm³/mol. The maximum absolute atomic E-state index is 4.99. The standard InChI is InChI=1S/C16H27N3S/c1-4-11(2)15-14(10-17-12-8-9-12)20-16(18-15)19(3)13-6-5-7-13/h11-13,17H,4-10H2,1-3H3. The van der Waals surface area contributed by atoms with Crippen LogP contribution in [0.15, 0.2) is 0 Å². The van der Waals surface area contributed by atoms with Crippen molar-refractivity contribution in [3.05, 3.63) is 10.6 Å². The molecular formula is C16H27N3S. The third-order valence-corrected chi connectivity index (χ3v) is 6.01. The highest BCUT2D eigenvalue weighted by atomic mass is 32.1. The van der Waals surface area contributed by atoms with Crippen LogP contribution in [0.1, 0.15) is 68.9 Å². The molecule has 0 radical (unpaired) electrons. The van der Waals surface area contributed by atoms with Crippen LogP contribution in [-0.2, 0) is 6.54 Å². The van der Waals surface area contributed by atoms with Crippen LogP contribution in [0.25, 0.3) is 0 Å². The van der Waals surface area contributed by atoms with Gasteiger partial charge in [-0.25, -0.2) is 4.98 Å². The van der Waals surface area contributed by atoms with E-state index in [1.807, 2.05) is 11.3 Å². The summed E-state index contributed by atoms with van der Waals surface area (Å²) in [4.78, 5) is 8.87. The van der Waals surface area contributed by atoms with Crippen molar-refractivity contribution in [2.75, 3.05) is 11.9 Å². The Kier molecular flexibility index (Phi) is 4.32. The molecule has 0 amide bonds. The number of hydrogen-bond donors (Lipinski definition) is 1. The van der Waals surface area contributed by atoms with Crippen LogP contribution < -0.4 is 10.2 Å². The van der Waals surface area contributed by atoms with Gasteiger partial charge in [-0.1, -0.05) is 13.8 Å². The molecule has 3 rings (SSSR count). The monoisotopic (exact) mass is 293 g/mol. The fraction of sp³-hybridized carbons (Fsp3) is 0.812. The highest BCUT2D eigenvalue weighted by molar-refractivity contribution is 7.15. The topological polar surface area (TPSA) is 28.2 Å². The molecular weight excluding hydrogens is 266 g/mol. The molecule has 1 aromatic heterocycles. The van der Waals surface area contributed by atoms with Gasteiger partial charge in [0.2, 0.25) is 0 Å². The first kappa shape index (κ1) is 14.3. The van der Waals surface area contributed by atoms with E-state index in [0.717, 1.165) is 18.6 Å². The summed E-state index contributed by atoms with van der Waals surface area (Å²) in [6.07, 6.45) is 7.94. The summed E-state index contributed by atoms with van der Waals surface area (Å²) in [5.41, 5.74) is 1.34. The minimum Gasteiger partial charge on any atom is -0.348 e. The summed E-state index contributed by atoms with van der Waals surface area (Å²) in [5, 5.41) is 4.89. The lowest BCUT2D eigenvalue weighted by Crippen LogP contribution is -2.37. The van der Waals surface area contributed by atoms with Crippen LogP contribution in [0.2, 0.25) is 0 Å². The van der Waals surface area contributed by atoms with Crippen LogP contribution in [0.4, 0.5) is 5.13 Å². The van der Waals surface area contributed by atoms with E-state index in [2.05, 4.69) is 31.1 Å². The molecule has 4 heteroatoms. The van der Waals surface area contributed by atoms with E-state index in [-0.39, 0.29) is 0 Å². The Labute approximate surface area is 126 Å². The van der Waals surface area contributed by atoms with E-state index in [4.69, 9.17) is 4.98 Å². The Morgan fingerprint density at radius 2 is 2.10 bits per heavy atom. The Morgan fingerprint density at radius 3 is 2.65 bits per heavy atom. The first-order valence-corrected chi connectivity index (χ1v) is 8.96. The first-order chi connectivity index (χ1) is 9.69. The highest BCUT2D eigenvalue weighted by Gasteiger charge is 2.27. The van der Waals surface area contributed by atoms with E-state index in [9.17, 15) is 0 Å². The van der Waals surface area contributed by atoms with Crippen molar-refractivity contribution in [2.45, 2.75) is 76.9 Å². The molecule has 3 nitrogen and oxygen atoms in total. The van der Waals surface area contributed by atoms with Gasteiger partial charge in [0.25, 0.3) is 0 Å². The van der Waals surface area contributed by atoms with Crippen molar-refractivity contribution in [1.29, 1.82) is 0 Å². The molecule has 112 valence electrons. The van der Waals surface area contributed by atoms with Gasteiger partial charge in [-0.2, -0.15) is 0 Å². The number of thiazole rings is 1. The van der Waals surface area contributed by atoms with Gasteiger partial charge in [0.05, 0.1) is 5.69 Å². The number of aromatic nitrogens is 1. The zero-order chi connectivity index (χ0) is 14.1. The second-order valence-electron chi connectivity index (χ2n) is 6.46. The number of hydrogen-bond acceptors (Lipinski definition) is 4. The van der Waals surface area contributed by atoms with Crippen LogP contribution in [0, 0.1) is 0 Å². The summed E-state index contributed by atoms with van der Waals surface area (Å²) in [6, 6.07) is 1.50. The highest BCUT2D eigenvalue weighted by Crippen LogP contribution is 2.36. The fourth-order valence-electron chi connectivity index (χ4n) is 2.66. The molecule has 0 bridgehead atoms. The van der Waals surface area contributed by atoms with Gasteiger partial charge in [-0.15, -0.1) is 11.3 Å². The normalized spacial score (nSPS) is 20.8. The third kappa shape index (κ3) is 3.01. The van der Waals surface area contributed by atoms with Gasteiger partial charge >= 0.3 is 0 Å². The summed E-state index contributed by atoms with van der Waals surface area (Å²) in [7, 11) is 2.22. The van der Waals surface area contributed by atoms with Gasteiger partial charge in [-0.05, 0) is 44.4 Å².